The van der Waals surface area contributed by atoms with Crippen molar-refractivity contribution in [2.45, 2.75) is 38.8 Å². The van der Waals surface area contributed by atoms with Gasteiger partial charge in [-0.1, -0.05) is 37.6 Å². The summed E-state index contributed by atoms with van der Waals surface area (Å²) in [6.45, 7) is 4.61. The summed E-state index contributed by atoms with van der Waals surface area (Å²) in [6.07, 6.45) is 0.0636. The lowest BCUT2D eigenvalue weighted by atomic mass is 10.0. The molecule has 1 aliphatic heterocycles. The SMILES string of the molecule is CC(C)C[C@H]1NC(=O)C[C@@H](C(=O)NCCOc2ccc(Cl)cc2)NC(=O)c2ccccc2OCCN(C)C1=O. The molecule has 1 aliphatic rings. The van der Waals surface area contributed by atoms with Crippen LogP contribution in [-0.4, -0.2) is 74.0 Å². The Morgan fingerprint density at radius 3 is 2.56 bits per heavy atom. The van der Waals surface area contributed by atoms with Crippen LogP contribution in [0.2, 0.25) is 5.02 Å². The van der Waals surface area contributed by atoms with Gasteiger partial charge in [0.05, 0.1) is 25.1 Å². The molecule has 4 amide bonds. The predicted octanol–water partition coefficient (Wildman–Crippen LogP) is 2.41. The van der Waals surface area contributed by atoms with E-state index >= 15 is 0 Å². The monoisotopic (exact) mass is 558 g/mol. The number of nitrogens with zero attached hydrogens (tertiary/aromatic N) is 1. The largest absolute Gasteiger partial charge is 0.492 e. The number of para-hydroxylation sites is 1. The van der Waals surface area contributed by atoms with Crippen LogP contribution in [0.5, 0.6) is 11.5 Å². The average Bonchev–Trinajstić information content (AvgIpc) is 2.90. The van der Waals surface area contributed by atoms with Gasteiger partial charge < -0.3 is 30.3 Å². The number of benzene rings is 2. The van der Waals surface area contributed by atoms with Crippen molar-refractivity contribution in [2.24, 2.45) is 5.92 Å². The zero-order chi connectivity index (χ0) is 28.4. The quantitative estimate of drug-likeness (QED) is 0.448. The highest BCUT2D eigenvalue weighted by Gasteiger charge is 2.30. The first-order valence-electron chi connectivity index (χ1n) is 12.9. The van der Waals surface area contributed by atoms with Gasteiger partial charge >= 0.3 is 0 Å². The van der Waals surface area contributed by atoms with E-state index in [1.807, 2.05) is 13.8 Å². The van der Waals surface area contributed by atoms with Gasteiger partial charge in [-0.05, 0) is 48.7 Å². The number of likely N-dealkylation sites (N-methyl/N-ethyl adjacent to an activating group) is 1. The van der Waals surface area contributed by atoms with Gasteiger partial charge in [-0.2, -0.15) is 0 Å². The molecular weight excluding hydrogens is 524 g/mol. The number of hydrogen-bond acceptors (Lipinski definition) is 6. The fraction of sp³-hybridized carbons (Fsp3) is 0.429. The zero-order valence-corrected chi connectivity index (χ0v) is 23.1. The number of fused-ring (bicyclic) bond motifs is 1. The summed E-state index contributed by atoms with van der Waals surface area (Å²) in [6, 6.07) is 11.4. The Morgan fingerprint density at radius 2 is 1.85 bits per heavy atom. The van der Waals surface area contributed by atoms with E-state index in [0.29, 0.717) is 22.9 Å². The fourth-order valence-electron chi connectivity index (χ4n) is 4.02. The minimum absolute atomic E-state index is 0.133. The highest BCUT2D eigenvalue weighted by atomic mass is 35.5. The second-order valence-electron chi connectivity index (χ2n) is 9.68. The van der Waals surface area contributed by atoms with Gasteiger partial charge in [-0.25, -0.2) is 0 Å². The molecule has 2 aromatic carbocycles. The maximum Gasteiger partial charge on any atom is 0.255 e. The molecule has 11 heteroatoms. The minimum atomic E-state index is -1.20. The molecule has 3 N–H and O–H groups in total. The van der Waals surface area contributed by atoms with E-state index in [9.17, 15) is 19.2 Å². The van der Waals surface area contributed by atoms with Crippen molar-refractivity contribution < 1.29 is 28.7 Å². The molecular formula is C28H35ClN4O6. The number of carbonyl (C=O) groups excluding carboxylic acids is 4. The van der Waals surface area contributed by atoms with Crippen LogP contribution in [0.15, 0.2) is 48.5 Å². The highest BCUT2D eigenvalue weighted by molar-refractivity contribution is 6.30. The standard InChI is InChI=1S/C28H35ClN4O6/c1-18(2)16-23-28(37)33(3)13-15-39-24-7-5-4-6-21(24)26(35)32-22(17-25(34)31-23)27(36)30-12-14-38-20-10-8-19(29)9-11-20/h4-11,18,22-23H,12-17H2,1-3H3,(H,30,36)(H,31,34)(H,32,35)/t22-,23+/m0/s1. The molecule has 3 rings (SSSR count). The van der Waals surface area contributed by atoms with Crippen molar-refractivity contribution >= 4 is 35.2 Å². The van der Waals surface area contributed by atoms with Crippen LogP contribution < -0.4 is 25.4 Å². The second-order valence-corrected chi connectivity index (χ2v) is 10.1. The number of rotatable bonds is 7. The lowest BCUT2D eigenvalue weighted by Crippen LogP contribution is -2.53. The Bertz CT molecular complexity index is 1160. The van der Waals surface area contributed by atoms with Crippen molar-refractivity contribution in [3.05, 3.63) is 59.1 Å². The summed E-state index contributed by atoms with van der Waals surface area (Å²) >= 11 is 5.88. The van der Waals surface area contributed by atoms with E-state index in [4.69, 9.17) is 21.1 Å². The van der Waals surface area contributed by atoms with Crippen LogP contribution in [0.4, 0.5) is 0 Å². The smallest absolute Gasteiger partial charge is 0.255 e. The highest BCUT2D eigenvalue weighted by Crippen LogP contribution is 2.19. The molecule has 0 bridgehead atoms. The van der Waals surface area contributed by atoms with Crippen LogP contribution in [0.1, 0.15) is 37.0 Å². The van der Waals surface area contributed by atoms with Crippen molar-refractivity contribution in [3.8, 4) is 11.5 Å². The molecule has 2 atom stereocenters. The first kappa shape index (κ1) is 29.8. The summed E-state index contributed by atoms with van der Waals surface area (Å²) in [5, 5.41) is 8.69. The van der Waals surface area contributed by atoms with E-state index < -0.39 is 29.8 Å². The number of ether oxygens (including phenoxy) is 2. The van der Waals surface area contributed by atoms with Crippen LogP contribution in [0.3, 0.4) is 0 Å². The number of hydrogen-bond donors (Lipinski definition) is 3. The Morgan fingerprint density at radius 1 is 1.13 bits per heavy atom. The third kappa shape index (κ3) is 9.17. The molecule has 39 heavy (non-hydrogen) atoms. The van der Waals surface area contributed by atoms with E-state index in [-0.39, 0.29) is 50.1 Å². The van der Waals surface area contributed by atoms with E-state index in [1.165, 1.54) is 4.90 Å². The Hall–Kier alpha value is -3.79. The third-order valence-electron chi connectivity index (χ3n) is 6.03. The number of nitrogens with one attached hydrogen (secondary N) is 3. The second kappa shape index (κ2) is 14.4. The summed E-state index contributed by atoms with van der Waals surface area (Å²) in [5.74, 6) is -0.872. The normalized spacial score (nSPS) is 18.8. The predicted molar refractivity (Wildman–Crippen MR) is 147 cm³/mol. The van der Waals surface area contributed by atoms with Crippen LogP contribution in [0.25, 0.3) is 0 Å². The Labute approximate surface area is 233 Å². The van der Waals surface area contributed by atoms with Gasteiger partial charge in [0.1, 0.15) is 36.8 Å². The molecule has 2 aromatic rings. The number of halogens is 1. The van der Waals surface area contributed by atoms with E-state index in [0.717, 1.165) is 0 Å². The van der Waals surface area contributed by atoms with Crippen molar-refractivity contribution in [2.75, 3.05) is 33.4 Å². The Balaban J connectivity index is 1.76. The molecule has 0 radical (unpaired) electrons. The molecule has 0 aromatic heterocycles. The summed E-state index contributed by atoms with van der Waals surface area (Å²) in [5.41, 5.74) is 0.213. The third-order valence-corrected chi connectivity index (χ3v) is 6.28. The van der Waals surface area contributed by atoms with Gasteiger partial charge in [0.2, 0.25) is 17.7 Å². The molecule has 0 saturated carbocycles. The topological polar surface area (TPSA) is 126 Å². The number of amides is 4. The van der Waals surface area contributed by atoms with Gasteiger partial charge in [0, 0.05) is 12.1 Å². The molecule has 0 aliphatic carbocycles. The first-order valence-corrected chi connectivity index (χ1v) is 13.2. The molecule has 0 fully saturated rings. The maximum atomic E-state index is 13.2. The summed E-state index contributed by atoms with van der Waals surface area (Å²) < 4.78 is 11.4. The summed E-state index contributed by atoms with van der Waals surface area (Å²) in [7, 11) is 1.64. The van der Waals surface area contributed by atoms with E-state index in [1.54, 1.807) is 55.6 Å². The maximum absolute atomic E-state index is 13.2. The van der Waals surface area contributed by atoms with E-state index in [2.05, 4.69) is 16.0 Å². The summed E-state index contributed by atoms with van der Waals surface area (Å²) in [4.78, 5) is 53.9. The van der Waals surface area contributed by atoms with Gasteiger partial charge in [0.15, 0.2) is 0 Å². The molecule has 0 spiro atoms. The lowest BCUT2D eigenvalue weighted by Gasteiger charge is -2.27. The first-order chi connectivity index (χ1) is 18.6. The zero-order valence-electron chi connectivity index (χ0n) is 22.4. The van der Waals surface area contributed by atoms with Gasteiger partial charge in [-0.15, -0.1) is 0 Å². The Kier molecular flexibility index (Phi) is 11.0. The lowest BCUT2D eigenvalue weighted by molar-refractivity contribution is -0.136. The molecule has 210 valence electrons. The number of carbonyl (C=O) groups is 4. The van der Waals surface area contributed by atoms with Gasteiger partial charge in [-0.3, -0.25) is 19.2 Å². The van der Waals surface area contributed by atoms with Crippen molar-refractivity contribution in [3.63, 3.8) is 0 Å². The molecule has 0 saturated heterocycles. The molecule has 0 unspecified atom stereocenters. The van der Waals surface area contributed by atoms with Crippen LogP contribution >= 0.6 is 11.6 Å². The van der Waals surface area contributed by atoms with Crippen molar-refractivity contribution in [1.29, 1.82) is 0 Å². The van der Waals surface area contributed by atoms with Crippen LogP contribution in [0, 0.1) is 5.92 Å². The fourth-order valence-corrected chi connectivity index (χ4v) is 4.15. The minimum Gasteiger partial charge on any atom is -0.492 e. The molecule has 10 nitrogen and oxygen atoms in total. The van der Waals surface area contributed by atoms with Crippen molar-refractivity contribution in [1.82, 2.24) is 20.9 Å². The van der Waals surface area contributed by atoms with Crippen LogP contribution in [-0.2, 0) is 14.4 Å². The molecule has 1 heterocycles. The van der Waals surface area contributed by atoms with Gasteiger partial charge in [0.25, 0.3) is 5.91 Å². The average molecular weight is 559 g/mol.